The molecule has 1 aliphatic rings. The molecular weight excluding hydrogens is 390 g/mol. The lowest BCUT2D eigenvalue weighted by molar-refractivity contribution is -0.118. The van der Waals surface area contributed by atoms with E-state index in [0.717, 1.165) is 20.9 Å². The highest BCUT2D eigenvalue weighted by Gasteiger charge is 2.36. The van der Waals surface area contributed by atoms with E-state index in [1.165, 1.54) is 11.3 Å². The maximum atomic E-state index is 12.6. The number of thiazole rings is 1. The maximum absolute atomic E-state index is 12.6. The highest BCUT2D eigenvalue weighted by molar-refractivity contribution is 7.16. The summed E-state index contributed by atoms with van der Waals surface area (Å²) < 4.78 is 8.57. The summed E-state index contributed by atoms with van der Waals surface area (Å²) in [6.45, 7) is 4.62. The van der Waals surface area contributed by atoms with Crippen molar-refractivity contribution in [3.63, 3.8) is 0 Å². The first-order chi connectivity index (χ1) is 14.0. The van der Waals surface area contributed by atoms with E-state index in [9.17, 15) is 14.4 Å². The van der Waals surface area contributed by atoms with E-state index >= 15 is 0 Å². The Hall–Kier alpha value is -3.26. The van der Waals surface area contributed by atoms with E-state index in [1.807, 2.05) is 36.6 Å². The summed E-state index contributed by atoms with van der Waals surface area (Å²) in [5, 5.41) is 0. The number of fused-ring (bicyclic) bond motifs is 2. The SMILES string of the molecule is CCOc1cccc2sc(=NC(=O)CN3C(=O)c4ccccc4C3=O)n(CC)c12. The zero-order valence-corrected chi connectivity index (χ0v) is 16.9. The lowest BCUT2D eigenvalue weighted by Gasteiger charge is -2.10. The number of hydrogen-bond acceptors (Lipinski definition) is 5. The van der Waals surface area contributed by atoms with Gasteiger partial charge in [0, 0.05) is 6.54 Å². The van der Waals surface area contributed by atoms with Crippen LogP contribution in [-0.4, -0.2) is 40.3 Å². The van der Waals surface area contributed by atoms with E-state index in [4.69, 9.17) is 4.74 Å². The van der Waals surface area contributed by atoms with E-state index in [0.29, 0.717) is 29.1 Å². The fraction of sp³-hybridized carbons (Fsp3) is 0.238. The van der Waals surface area contributed by atoms with Crippen LogP contribution in [0.15, 0.2) is 47.5 Å². The lowest BCUT2D eigenvalue weighted by Crippen LogP contribution is -2.35. The van der Waals surface area contributed by atoms with Gasteiger partial charge in [-0.2, -0.15) is 4.99 Å². The monoisotopic (exact) mass is 409 g/mol. The van der Waals surface area contributed by atoms with Crippen LogP contribution < -0.4 is 9.54 Å². The topological polar surface area (TPSA) is 81.0 Å². The van der Waals surface area contributed by atoms with Crippen LogP contribution in [0.3, 0.4) is 0 Å². The minimum Gasteiger partial charge on any atom is -0.492 e. The summed E-state index contributed by atoms with van der Waals surface area (Å²) in [5.74, 6) is -0.747. The Labute approximate surface area is 170 Å². The first-order valence-corrected chi connectivity index (χ1v) is 10.1. The maximum Gasteiger partial charge on any atom is 0.268 e. The van der Waals surface area contributed by atoms with Gasteiger partial charge in [-0.25, -0.2) is 0 Å². The van der Waals surface area contributed by atoms with Gasteiger partial charge in [0.15, 0.2) is 4.80 Å². The molecule has 0 spiro atoms. The van der Waals surface area contributed by atoms with E-state index in [-0.39, 0.29) is 6.54 Å². The number of imide groups is 1. The van der Waals surface area contributed by atoms with Crippen molar-refractivity contribution < 1.29 is 19.1 Å². The van der Waals surface area contributed by atoms with Gasteiger partial charge >= 0.3 is 0 Å². The lowest BCUT2D eigenvalue weighted by atomic mass is 10.1. The number of amides is 3. The Morgan fingerprint density at radius 2 is 1.72 bits per heavy atom. The number of ether oxygens (including phenoxy) is 1. The Kier molecular flexibility index (Phi) is 5.02. The Balaban J connectivity index is 1.68. The molecule has 29 heavy (non-hydrogen) atoms. The minimum absolute atomic E-state index is 0.317. The third-order valence-electron chi connectivity index (χ3n) is 4.67. The van der Waals surface area contributed by atoms with Crippen molar-refractivity contribution >= 4 is 39.3 Å². The summed E-state index contributed by atoms with van der Waals surface area (Å²) in [6, 6.07) is 12.3. The molecule has 4 rings (SSSR count). The molecule has 8 heteroatoms. The normalized spacial score (nSPS) is 14.0. The number of rotatable bonds is 5. The molecule has 2 aromatic carbocycles. The smallest absolute Gasteiger partial charge is 0.268 e. The van der Waals surface area contributed by atoms with Crippen LogP contribution in [0.5, 0.6) is 5.75 Å². The summed E-state index contributed by atoms with van der Waals surface area (Å²) in [5.41, 5.74) is 1.52. The van der Waals surface area contributed by atoms with E-state index in [2.05, 4.69) is 4.99 Å². The largest absolute Gasteiger partial charge is 0.492 e. The molecule has 0 aliphatic carbocycles. The Morgan fingerprint density at radius 3 is 2.34 bits per heavy atom. The number of nitrogens with zero attached hydrogens (tertiary/aromatic N) is 3. The quantitative estimate of drug-likeness (QED) is 0.607. The predicted octanol–water partition coefficient (Wildman–Crippen LogP) is 2.84. The number of aromatic nitrogens is 1. The summed E-state index contributed by atoms with van der Waals surface area (Å²) in [6.07, 6.45) is 0. The number of hydrogen-bond donors (Lipinski definition) is 0. The summed E-state index contributed by atoms with van der Waals surface area (Å²) in [7, 11) is 0. The van der Waals surface area contributed by atoms with Crippen LogP contribution >= 0.6 is 11.3 Å². The van der Waals surface area contributed by atoms with E-state index in [1.54, 1.807) is 24.3 Å². The van der Waals surface area contributed by atoms with Gasteiger partial charge in [0.1, 0.15) is 17.8 Å². The molecule has 3 aromatic rings. The Bertz CT molecular complexity index is 1170. The van der Waals surface area contributed by atoms with Crippen LogP contribution in [0.25, 0.3) is 10.2 Å². The number of aryl methyl sites for hydroxylation is 1. The molecule has 0 atom stereocenters. The standard InChI is InChI=1S/C21H19N3O4S/c1-3-23-18-15(28-4-2)10-7-11-16(18)29-21(23)22-17(25)12-24-19(26)13-8-5-6-9-14(13)20(24)27/h5-11H,3-4,12H2,1-2H3. The fourth-order valence-electron chi connectivity index (χ4n) is 3.41. The molecule has 1 aromatic heterocycles. The third-order valence-corrected chi connectivity index (χ3v) is 5.72. The molecule has 7 nitrogen and oxygen atoms in total. The zero-order chi connectivity index (χ0) is 20.5. The molecule has 0 fully saturated rings. The summed E-state index contributed by atoms with van der Waals surface area (Å²) >= 11 is 1.37. The first-order valence-electron chi connectivity index (χ1n) is 9.33. The summed E-state index contributed by atoms with van der Waals surface area (Å²) in [4.78, 5) is 43.2. The molecule has 148 valence electrons. The van der Waals surface area contributed by atoms with Crippen LogP contribution in [0.4, 0.5) is 0 Å². The van der Waals surface area contributed by atoms with Gasteiger partial charge < -0.3 is 9.30 Å². The van der Waals surface area contributed by atoms with Crippen molar-refractivity contribution in [2.45, 2.75) is 20.4 Å². The molecule has 0 saturated heterocycles. The molecule has 0 bridgehead atoms. The number of carbonyl (C=O) groups is 3. The second kappa shape index (κ2) is 7.63. The average Bonchev–Trinajstić information content (AvgIpc) is 3.19. The van der Waals surface area contributed by atoms with Crippen molar-refractivity contribution in [3.8, 4) is 5.75 Å². The molecule has 0 radical (unpaired) electrons. The van der Waals surface area contributed by atoms with Gasteiger partial charge in [-0.15, -0.1) is 0 Å². The van der Waals surface area contributed by atoms with Crippen LogP contribution in [0.1, 0.15) is 34.6 Å². The average molecular weight is 409 g/mol. The number of para-hydroxylation sites is 1. The molecule has 0 N–H and O–H groups in total. The third kappa shape index (κ3) is 3.25. The first kappa shape index (κ1) is 19.1. The minimum atomic E-state index is -0.550. The zero-order valence-electron chi connectivity index (χ0n) is 16.0. The molecular formula is C21H19N3O4S. The highest BCUT2D eigenvalue weighted by Crippen LogP contribution is 2.27. The van der Waals surface area contributed by atoms with Gasteiger partial charge in [0.05, 0.1) is 22.4 Å². The molecule has 3 amide bonds. The molecule has 0 saturated carbocycles. The van der Waals surface area contributed by atoms with Crippen molar-refractivity contribution in [3.05, 3.63) is 58.4 Å². The van der Waals surface area contributed by atoms with Gasteiger partial charge in [-0.1, -0.05) is 29.5 Å². The second-order valence-electron chi connectivity index (χ2n) is 6.41. The molecule has 0 unspecified atom stereocenters. The molecule has 2 heterocycles. The van der Waals surface area contributed by atoms with Gasteiger partial charge in [0.25, 0.3) is 17.7 Å². The van der Waals surface area contributed by atoms with Crippen molar-refractivity contribution in [2.75, 3.05) is 13.2 Å². The van der Waals surface area contributed by atoms with Crippen LogP contribution in [0.2, 0.25) is 0 Å². The van der Waals surface area contributed by atoms with Crippen molar-refractivity contribution in [1.82, 2.24) is 9.47 Å². The fourth-order valence-corrected chi connectivity index (χ4v) is 4.54. The highest BCUT2D eigenvalue weighted by atomic mass is 32.1. The van der Waals surface area contributed by atoms with Crippen LogP contribution in [-0.2, 0) is 11.3 Å². The Morgan fingerprint density at radius 1 is 1.03 bits per heavy atom. The predicted molar refractivity (Wildman–Crippen MR) is 109 cm³/mol. The van der Waals surface area contributed by atoms with Crippen molar-refractivity contribution in [1.29, 1.82) is 0 Å². The van der Waals surface area contributed by atoms with Crippen LogP contribution in [0, 0.1) is 0 Å². The van der Waals surface area contributed by atoms with Gasteiger partial charge in [-0.05, 0) is 38.1 Å². The number of benzene rings is 2. The second-order valence-corrected chi connectivity index (χ2v) is 7.42. The van der Waals surface area contributed by atoms with Gasteiger partial charge in [0.2, 0.25) is 0 Å². The van der Waals surface area contributed by atoms with Crippen molar-refractivity contribution in [2.24, 2.45) is 4.99 Å². The van der Waals surface area contributed by atoms with Gasteiger partial charge in [-0.3, -0.25) is 19.3 Å². The molecule has 1 aliphatic heterocycles. The number of carbonyl (C=O) groups excluding carboxylic acids is 3. The van der Waals surface area contributed by atoms with E-state index < -0.39 is 17.7 Å².